The summed E-state index contributed by atoms with van der Waals surface area (Å²) in [6, 6.07) is 6.33. The Balaban J connectivity index is 1.67. The van der Waals surface area contributed by atoms with E-state index < -0.39 is 0 Å². The van der Waals surface area contributed by atoms with Gasteiger partial charge in [-0.3, -0.25) is 4.68 Å². The molecule has 2 N–H and O–H groups in total. The van der Waals surface area contributed by atoms with Crippen molar-refractivity contribution in [3.63, 3.8) is 0 Å². The summed E-state index contributed by atoms with van der Waals surface area (Å²) in [7, 11) is 3.68. The van der Waals surface area contributed by atoms with Crippen molar-refractivity contribution in [1.82, 2.24) is 20.4 Å². The molecule has 32 heavy (non-hydrogen) atoms. The van der Waals surface area contributed by atoms with Crippen LogP contribution in [0.25, 0.3) is 0 Å². The molecule has 2 aromatic rings. The number of nitrogens with one attached hydrogen (secondary N) is 2. The molecule has 1 aliphatic carbocycles. The molecule has 1 aromatic carbocycles. The van der Waals surface area contributed by atoms with Crippen LogP contribution in [-0.2, 0) is 20.0 Å². The van der Waals surface area contributed by atoms with Crippen LogP contribution in [0.2, 0.25) is 0 Å². The van der Waals surface area contributed by atoms with Gasteiger partial charge in [0, 0.05) is 25.3 Å². The van der Waals surface area contributed by atoms with Gasteiger partial charge in [-0.1, -0.05) is 6.07 Å². The van der Waals surface area contributed by atoms with Crippen LogP contribution in [-0.4, -0.2) is 41.5 Å². The maximum Gasteiger partial charge on any atom is 0.191 e. The monoisotopic (exact) mass is 441 g/mol. The quantitative estimate of drug-likeness (QED) is 0.454. The number of rotatable bonds is 9. The Kier molecular flexibility index (Phi) is 8.42. The minimum atomic E-state index is 0.228. The molecule has 1 heterocycles. The first-order valence-electron chi connectivity index (χ1n) is 11.8. The number of nitrogens with zero attached hydrogens (tertiary/aromatic N) is 3. The first-order valence-corrected chi connectivity index (χ1v) is 11.8. The smallest absolute Gasteiger partial charge is 0.191 e. The van der Waals surface area contributed by atoms with E-state index in [1.54, 1.807) is 7.11 Å². The molecule has 1 aromatic heterocycles. The molecule has 176 valence electrons. The number of hydrogen-bond donors (Lipinski definition) is 2. The molecule has 0 amide bonds. The molecule has 0 bridgehead atoms. The van der Waals surface area contributed by atoms with Gasteiger partial charge in [0.2, 0.25) is 0 Å². The van der Waals surface area contributed by atoms with Crippen molar-refractivity contribution in [1.29, 1.82) is 0 Å². The zero-order chi connectivity index (χ0) is 23.1. The molecule has 1 saturated carbocycles. The van der Waals surface area contributed by atoms with Gasteiger partial charge in [-0.25, -0.2) is 4.99 Å². The topological polar surface area (TPSA) is 72.7 Å². The number of aryl methyl sites for hydroxylation is 2. The van der Waals surface area contributed by atoms with Crippen molar-refractivity contribution in [2.75, 3.05) is 13.7 Å². The van der Waals surface area contributed by atoms with E-state index in [4.69, 9.17) is 14.5 Å². The molecular weight excluding hydrogens is 402 g/mol. The number of hydrogen-bond acceptors (Lipinski definition) is 4. The Morgan fingerprint density at radius 3 is 2.62 bits per heavy atom. The van der Waals surface area contributed by atoms with Gasteiger partial charge < -0.3 is 20.1 Å². The van der Waals surface area contributed by atoms with Crippen molar-refractivity contribution in [3.8, 4) is 11.5 Å². The molecule has 1 unspecified atom stereocenters. The van der Waals surface area contributed by atoms with Gasteiger partial charge in [0.05, 0.1) is 25.5 Å². The van der Waals surface area contributed by atoms with Crippen molar-refractivity contribution in [2.45, 2.75) is 78.5 Å². The Bertz CT molecular complexity index is 915. The minimum Gasteiger partial charge on any atom is -0.493 e. The highest BCUT2D eigenvalue weighted by Gasteiger charge is 2.19. The normalized spacial score (nSPS) is 15.6. The standard InChI is InChI=1S/C25H39N5O2/c1-7-26-25(28-17(2)14-22-18(3)29-30(5)19(22)4)27-16-20-12-13-23(31-6)24(15-20)32-21-10-8-9-11-21/h12-13,15,17,21H,7-11,14,16H2,1-6H3,(H2,26,27,28). The fourth-order valence-corrected chi connectivity index (χ4v) is 4.29. The van der Waals surface area contributed by atoms with E-state index >= 15 is 0 Å². The third-order valence-electron chi connectivity index (χ3n) is 6.14. The second-order valence-corrected chi connectivity index (χ2v) is 8.73. The molecule has 0 saturated heterocycles. The van der Waals surface area contributed by atoms with Crippen LogP contribution in [0.15, 0.2) is 23.2 Å². The van der Waals surface area contributed by atoms with E-state index in [2.05, 4.69) is 55.6 Å². The summed E-state index contributed by atoms with van der Waals surface area (Å²) in [5, 5.41) is 11.4. The molecular formula is C25H39N5O2. The lowest BCUT2D eigenvalue weighted by Gasteiger charge is -2.19. The molecule has 3 rings (SSSR count). The third kappa shape index (κ3) is 6.17. The Morgan fingerprint density at radius 2 is 2.00 bits per heavy atom. The van der Waals surface area contributed by atoms with Crippen LogP contribution in [0.5, 0.6) is 11.5 Å². The predicted molar refractivity (Wildman–Crippen MR) is 130 cm³/mol. The zero-order valence-corrected chi connectivity index (χ0v) is 20.5. The maximum atomic E-state index is 6.23. The molecule has 1 atom stereocenters. The van der Waals surface area contributed by atoms with Crippen LogP contribution < -0.4 is 20.1 Å². The molecule has 0 spiro atoms. The Labute approximate surface area is 192 Å². The van der Waals surface area contributed by atoms with Gasteiger partial charge in [0.1, 0.15) is 0 Å². The van der Waals surface area contributed by atoms with Gasteiger partial charge in [-0.05, 0) is 83.1 Å². The van der Waals surface area contributed by atoms with Crippen LogP contribution >= 0.6 is 0 Å². The van der Waals surface area contributed by atoms with Crippen molar-refractivity contribution in [2.24, 2.45) is 12.0 Å². The highest BCUT2D eigenvalue weighted by atomic mass is 16.5. The summed E-state index contributed by atoms with van der Waals surface area (Å²) >= 11 is 0. The second kappa shape index (κ2) is 11.2. The fourth-order valence-electron chi connectivity index (χ4n) is 4.29. The number of ether oxygens (including phenoxy) is 2. The van der Waals surface area contributed by atoms with Crippen LogP contribution in [0.1, 0.15) is 62.0 Å². The lowest BCUT2D eigenvalue weighted by Crippen LogP contribution is -2.43. The number of guanidine groups is 1. The molecule has 1 aliphatic rings. The lowest BCUT2D eigenvalue weighted by molar-refractivity contribution is 0.200. The highest BCUT2D eigenvalue weighted by Crippen LogP contribution is 2.32. The summed E-state index contributed by atoms with van der Waals surface area (Å²) in [6.07, 6.45) is 5.91. The number of methoxy groups -OCH3 is 1. The van der Waals surface area contributed by atoms with Gasteiger partial charge >= 0.3 is 0 Å². The van der Waals surface area contributed by atoms with Crippen molar-refractivity contribution < 1.29 is 9.47 Å². The predicted octanol–water partition coefficient (Wildman–Crippen LogP) is 4.05. The van der Waals surface area contributed by atoms with E-state index in [1.165, 1.54) is 24.1 Å². The summed E-state index contributed by atoms with van der Waals surface area (Å²) in [5.74, 6) is 2.42. The molecule has 1 fully saturated rings. The van der Waals surface area contributed by atoms with Crippen molar-refractivity contribution >= 4 is 5.96 Å². The van der Waals surface area contributed by atoms with Gasteiger partial charge in [-0.2, -0.15) is 5.10 Å². The summed E-state index contributed by atoms with van der Waals surface area (Å²) in [6.45, 7) is 9.83. The maximum absolute atomic E-state index is 6.23. The van der Waals surface area contributed by atoms with Crippen molar-refractivity contribution in [3.05, 3.63) is 40.7 Å². The number of benzene rings is 1. The summed E-state index contributed by atoms with van der Waals surface area (Å²) < 4.78 is 13.7. The SMILES string of the molecule is CCNC(=NCc1ccc(OC)c(OC2CCCC2)c1)NC(C)Cc1c(C)nn(C)c1C. The van der Waals surface area contributed by atoms with Crippen LogP contribution in [0, 0.1) is 13.8 Å². The number of aromatic nitrogens is 2. The van der Waals surface area contributed by atoms with Gasteiger partial charge in [0.15, 0.2) is 17.5 Å². The fraction of sp³-hybridized carbons (Fsp3) is 0.600. The molecule has 7 nitrogen and oxygen atoms in total. The van der Waals surface area contributed by atoms with Crippen LogP contribution in [0.3, 0.4) is 0 Å². The van der Waals surface area contributed by atoms with E-state index in [0.29, 0.717) is 12.6 Å². The zero-order valence-electron chi connectivity index (χ0n) is 20.5. The first kappa shape index (κ1) is 24.0. The molecule has 7 heteroatoms. The second-order valence-electron chi connectivity index (χ2n) is 8.73. The minimum absolute atomic E-state index is 0.228. The van der Waals surface area contributed by atoms with E-state index in [1.807, 2.05) is 17.8 Å². The van der Waals surface area contributed by atoms with Gasteiger partial charge in [0.25, 0.3) is 0 Å². The molecule has 0 aliphatic heterocycles. The third-order valence-corrected chi connectivity index (χ3v) is 6.14. The first-order chi connectivity index (χ1) is 15.4. The summed E-state index contributed by atoms with van der Waals surface area (Å²) in [4.78, 5) is 4.82. The number of aliphatic imine (C=N–C) groups is 1. The average molecular weight is 442 g/mol. The Morgan fingerprint density at radius 1 is 1.25 bits per heavy atom. The Hall–Kier alpha value is -2.70. The largest absolute Gasteiger partial charge is 0.493 e. The van der Waals surface area contributed by atoms with Gasteiger partial charge in [-0.15, -0.1) is 0 Å². The average Bonchev–Trinajstić information content (AvgIpc) is 3.36. The van der Waals surface area contributed by atoms with Crippen LogP contribution in [0.4, 0.5) is 0 Å². The van der Waals surface area contributed by atoms with E-state index in [9.17, 15) is 0 Å². The summed E-state index contributed by atoms with van der Waals surface area (Å²) in [5.41, 5.74) is 4.70. The van der Waals surface area contributed by atoms with E-state index in [0.717, 1.165) is 54.5 Å². The molecule has 0 radical (unpaired) electrons. The van der Waals surface area contributed by atoms with E-state index in [-0.39, 0.29) is 6.04 Å². The lowest BCUT2D eigenvalue weighted by atomic mass is 10.1. The highest BCUT2D eigenvalue weighted by molar-refractivity contribution is 5.80.